The molecule has 2 fully saturated rings. The lowest BCUT2D eigenvalue weighted by Crippen LogP contribution is -2.44. The Hall–Kier alpha value is -7.81. The zero-order valence-corrected chi connectivity index (χ0v) is 38.2. The second kappa shape index (κ2) is 20.8. The number of fused-ring (bicyclic) bond motifs is 2. The van der Waals surface area contributed by atoms with Gasteiger partial charge in [-0.3, -0.25) is 37.4 Å². The topological polar surface area (TPSA) is 189 Å². The van der Waals surface area contributed by atoms with Gasteiger partial charge in [0.25, 0.3) is 11.1 Å². The molecule has 0 saturated carbocycles. The Morgan fingerprint density at radius 1 is 0.559 bits per heavy atom. The number of H-pyrrole nitrogens is 1. The molecule has 2 aliphatic rings. The molecule has 3 N–H and O–H groups in total. The third-order valence-corrected chi connectivity index (χ3v) is 12.4. The summed E-state index contributed by atoms with van der Waals surface area (Å²) >= 11 is 0. The van der Waals surface area contributed by atoms with E-state index < -0.39 is 11.2 Å². The van der Waals surface area contributed by atoms with Crippen molar-refractivity contribution in [2.24, 2.45) is 0 Å². The number of anilines is 2. The van der Waals surface area contributed by atoms with Crippen LogP contribution >= 0.6 is 0 Å². The highest BCUT2D eigenvalue weighted by atomic mass is 16.2. The lowest BCUT2D eigenvalue weighted by Gasteiger charge is -2.28. The summed E-state index contributed by atoms with van der Waals surface area (Å²) in [7, 11) is 0. The Morgan fingerprint density at radius 2 is 1.06 bits per heavy atom. The monoisotopic (exact) mass is 913 g/mol. The van der Waals surface area contributed by atoms with Crippen molar-refractivity contribution in [1.29, 1.82) is 5.26 Å². The molecule has 10 rings (SSSR count). The van der Waals surface area contributed by atoms with Crippen molar-refractivity contribution in [1.82, 2.24) is 48.4 Å². The van der Waals surface area contributed by atoms with Crippen molar-refractivity contribution in [3.8, 4) is 6.07 Å². The normalized spacial score (nSPS) is 14.1. The standard InChI is InChI=1S/C27H29N7O2.C24H26N6O2/c1-2-14-32-25(35)23-24(34(27(32)36)18-20-8-4-3-5-9-20)30-26(31-15-12-29-13-16-31)33(23)19-22-11-7-6-10-21(22)17-28;31-22-20-21(30(24(32)27-22)17-19-10-5-2-6-11-19)26-23(28-14-7-12-25-13-15-28)29(20)16-18-8-3-1-4-9-18/h3-11,29H,2,12-16,18-19H2,1H3;1-6,8-11,25H,7,12-17H2,(H,27,31,32). The summed E-state index contributed by atoms with van der Waals surface area (Å²) < 4.78 is 8.34. The van der Waals surface area contributed by atoms with E-state index in [-0.39, 0.29) is 11.2 Å². The molecule has 0 aliphatic carbocycles. The van der Waals surface area contributed by atoms with E-state index >= 15 is 0 Å². The van der Waals surface area contributed by atoms with Gasteiger partial charge in [0.1, 0.15) is 0 Å². The van der Waals surface area contributed by atoms with Gasteiger partial charge in [-0.25, -0.2) is 9.59 Å². The fourth-order valence-corrected chi connectivity index (χ4v) is 9.08. The zero-order chi connectivity index (χ0) is 47.0. The maximum Gasteiger partial charge on any atom is 0.333 e. The first-order chi connectivity index (χ1) is 33.3. The summed E-state index contributed by atoms with van der Waals surface area (Å²) in [4.78, 5) is 69.9. The summed E-state index contributed by atoms with van der Waals surface area (Å²) in [6.07, 6.45) is 1.64. The van der Waals surface area contributed by atoms with Crippen LogP contribution in [-0.4, -0.2) is 90.1 Å². The maximum absolute atomic E-state index is 13.8. The molecule has 0 bridgehead atoms. The van der Waals surface area contributed by atoms with Crippen LogP contribution in [0.1, 0.15) is 47.6 Å². The number of imidazole rings is 2. The molecular formula is C51H55N13O4. The lowest BCUT2D eigenvalue weighted by atomic mass is 10.1. The minimum absolute atomic E-state index is 0.310. The van der Waals surface area contributed by atoms with Crippen LogP contribution < -0.4 is 42.9 Å². The average Bonchev–Trinajstić information content (AvgIpc) is 3.81. The van der Waals surface area contributed by atoms with E-state index in [4.69, 9.17) is 9.97 Å². The third-order valence-electron chi connectivity index (χ3n) is 12.4. The van der Waals surface area contributed by atoms with Gasteiger partial charge in [0.05, 0.1) is 37.8 Å². The summed E-state index contributed by atoms with van der Waals surface area (Å²) in [6.45, 7) is 10.2. The highest BCUT2D eigenvalue weighted by Crippen LogP contribution is 2.25. The minimum atomic E-state index is -0.445. The van der Waals surface area contributed by atoms with Crippen LogP contribution in [-0.2, 0) is 32.7 Å². The molecule has 0 atom stereocenters. The SMILES string of the molecule is CCCn1c(=O)c2c(nc(N3CCNCC3)n2Cc2ccccc2C#N)n(Cc2ccccc2)c1=O.O=c1[nH]c(=O)n(Cc2ccccc2)c2nc(N3CCCNCC3)n(Cc3ccccc3)c12. The van der Waals surface area contributed by atoms with Crippen molar-refractivity contribution in [3.63, 3.8) is 0 Å². The van der Waals surface area contributed by atoms with Gasteiger partial charge in [0, 0.05) is 52.4 Å². The average molecular weight is 914 g/mol. The van der Waals surface area contributed by atoms with E-state index in [0.717, 1.165) is 87.0 Å². The predicted molar refractivity (Wildman–Crippen MR) is 265 cm³/mol. The van der Waals surface area contributed by atoms with Crippen molar-refractivity contribution in [2.75, 3.05) is 62.2 Å². The smallest absolute Gasteiger partial charge is 0.333 e. The molecule has 17 nitrogen and oxygen atoms in total. The molecule has 0 radical (unpaired) electrons. The zero-order valence-electron chi connectivity index (χ0n) is 38.2. The van der Waals surface area contributed by atoms with Crippen LogP contribution in [0.25, 0.3) is 22.3 Å². The number of benzene rings is 4. The highest BCUT2D eigenvalue weighted by molar-refractivity contribution is 5.76. The van der Waals surface area contributed by atoms with Crippen molar-refractivity contribution in [3.05, 3.63) is 185 Å². The van der Waals surface area contributed by atoms with Gasteiger partial charge in [-0.2, -0.15) is 15.2 Å². The molecule has 4 aromatic carbocycles. The number of piperazine rings is 1. The van der Waals surface area contributed by atoms with Gasteiger partial charge in [-0.05, 0) is 47.7 Å². The number of nitrogens with zero attached hydrogens (tertiary/aromatic N) is 10. The van der Waals surface area contributed by atoms with Gasteiger partial charge in [-0.15, -0.1) is 0 Å². The molecule has 348 valence electrons. The lowest BCUT2D eigenvalue weighted by molar-refractivity contribution is 0.570. The minimum Gasteiger partial charge on any atom is -0.341 e. The van der Waals surface area contributed by atoms with Crippen LogP contribution in [0, 0.1) is 11.3 Å². The third kappa shape index (κ3) is 9.55. The van der Waals surface area contributed by atoms with Gasteiger partial charge >= 0.3 is 11.4 Å². The van der Waals surface area contributed by atoms with Crippen LogP contribution in [0.5, 0.6) is 0 Å². The first-order valence-corrected chi connectivity index (χ1v) is 23.3. The molecular weight excluding hydrogens is 859 g/mol. The van der Waals surface area contributed by atoms with Gasteiger partial charge in [0.15, 0.2) is 22.3 Å². The van der Waals surface area contributed by atoms with Gasteiger partial charge < -0.3 is 20.4 Å². The molecule has 0 unspecified atom stereocenters. The van der Waals surface area contributed by atoms with E-state index in [2.05, 4.69) is 31.5 Å². The van der Waals surface area contributed by atoms with Crippen molar-refractivity contribution in [2.45, 2.75) is 52.5 Å². The number of nitriles is 1. The first kappa shape index (κ1) is 45.4. The Bertz CT molecular complexity index is 3300. The van der Waals surface area contributed by atoms with Gasteiger partial charge in [-0.1, -0.05) is 116 Å². The largest absolute Gasteiger partial charge is 0.341 e. The van der Waals surface area contributed by atoms with Crippen LogP contribution in [0.15, 0.2) is 134 Å². The predicted octanol–water partition coefficient (Wildman–Crippen LogP) is 3.93. The Balaban J connectivity index is 0.000000171. The highest BCUT2D eigenvalue weighted by Gasteiger charge is 2.27. The summed E-state index contributed by atoms with van der Waals surface area (Å²) in [6, 6.07) is 39.1. The molecule has 17 heteroatoms. The number of hydrogen-bond donors (Lipinski definition) is 3. The number of nitrogens with one attached hydrogen (secondary N) is 3. The molecule has 8 aromatic rings. The van der Waals surface area contributed by atoms with E-state index in [1.165, 1.54) is 4.57 Å². The van der Waals surface area contributed by atoms with Crippen LogP contribution in [0.2, 0.25) is 0 Å². The Labute approximate surface area is 392 Å². The summed E-state index contributed by atoms with van der Waals surface area (Å²) in [5.41, 5.74) is 4.42. The number of aromatic amines is 1. The molecule has 4 aromatic heterocycles. The Morgan fingerprint density at radius 3 is 1.65 bits per heavy atom. The molecule has 68 heavy (non-hydrogen) atoms. The van der Waals surface area contributed by atoms with E-state index in [1.807, 2.05) is 125 Å². The number of aromatic nitrogens is 8. The van der Waals surface area contributed by atoms with Crippen molar-refractivity contribution >= 4 is 34.2 Å². The molecule has 6 heterocycles. The summed E-state index contributed by atoms with van der Waals surface area (Å²) in [5, 5.41) is 16.5. The van der Waals surface area contributed by atoms with Gasteiger partial charge in [0.2, 0.25) is 11.9 Å². The maximum atomic E-state index is 13.8. The van der Waals surface area contributed by atoms with E-state index in [1.54, 1.807) is 15.2 Å². The number of hydrogen-bond acceptors (Lipinski definition) is 11. The molecule has 2 aliphatic heterocycles. The second-order valence-electron chi connectivity index (χ2n) is 17.1. The fourth-order valence-electron chi connectivity index (χ4n) is 9.08. The molecule has 2 saturated heterocycles. The quantitative estimate of drug-likeness (QED) is 0.161. The Kier molecular flexibility index (Phi) is 13.9. The van der Waals surface area contributed by atoms with E-state index in [0.29, 0.717) is 73.0 Å². The van der Waals surface area contributed by atoms with E-state index in [9.17, 15) is 24.4 Å². The van der Waals surface area contributed by atoms with Crippen molar-refractivity contribution < 1.29 is 0 Å². The summed E-state index contributed by atoms with van der Waals surface area (Å²) in [5.74, 6) is 1.37. The number of rotatable bonds is 12. The second-order valence-corrected chi connectivity index (χ2v) is 17.1. The first-order valence-electron chi connectivity index (χ1n) is 23.3. The van der Waals surface area contributed by atoms with Crippen LogP contribution in [0.4, 0.5) is 11.9 Å². The molecule has 0 amide bonds. The van der Waals surface area contributed by atoms with Crippen LogP contribution in [0.3, 0.4) is 0 Å². The molecule has 0 spiro atoms. The fraction of sp³-hybridized carbons (Fsp3) is 0.314.